The number of halogens is 1. The van der Waals surface area contributed by atoms with Crippen molar-refractivity contribution < 1.29 is 4.39 Å². The number of hydrogen-bond acceptors (Lipinski definition) is 3. The molecule has 0 saturated heterocycles. The van der Waals surface area contributed by atoms with E-state index in [-0.39, 0.29) is 5.56 Å². The molecule has 2 aromatic carbocycles. The quantitative estimate of drug-likeness (QED) is 0.698. The third-order valence-electron chi connectivity index (χ3n) is 3.11. The molecule has 0 fully saturated rings. The van der Waals surface area contributed by atoms with Crippen LogP contribution in [0.2, 0.25) is 0 Å². The summed E-state index contributed by atoms with van der Waals surface area (Å²) < 4.78 is 14.7. The van der Waals surface area contributed by atoms with E-state index in [1.807, 2.05) is 0 Å². The number of aryl methyl sites for hydroxylation is 1. The van der Waals surface area contributed by atoms with Gasteiger partial charge in [0.05, 0.1) is 16.6 Å². The zero-order valence-corrected chi connectivity index (χ0v) is 11.6. The van der Waals surface area contributed by atoms with E-state index in [0.717, 1.165) is 4.90 Å². The first-order valence-electron chi connectivity index (χ1n) is 6.04. The Hall–Kier alpha value is -2.14. The molecule has 1 aromatic heterocycles. The molecular formula is C15H11FN2OS. The van der Waals surface area contributed by atoms with Crippen LogP contribution in [0.25, 0.3) is 16.6 Å². The Balaban J connectivity index is 2.34. The van der Waals surface area contributed by atoms with Crippen molar-refractivity contribution in [2.45, 2.75) is 11.8 Å². The molecule has 0 atom stereocenters. The van der Waals surface area contributed by atoms with Crippen LogP contribution < -0.4 is 5.56 Å². The van der Waals surface area contributed by atoms with Gasteiger partial charge < -0.3 is 0 Å². The predicted octanol–water partition coefficient (Wildman–Crippen LogP) is 3.12. The molecular weight excluding hydrogens is 275 g/mol. The first-order chi connectivity index (χ1) is 9.56. The van der Waals surface area contributed by atoms with Crippen molar-refractivity contribution in [2.75, 3.05) is 0 Å². The second kappa shape index (κ2) is 4.76. The van der Waals surface area contributed by atoms with Gasteiger partial charge in [0.15, 0.2) is 0 Å². The van der Waals surface area contributed by atoms with Gasteiger partial charge in [0.1, 0.15) is 11.6 Å². The summed E-state index contributed by atoms with van der Waals surface area (Å²) in [5, 5.41) is 0.395. The maximum absolute atomic E-state index is 13.2. The smallest absolute Gasteiger partial charge is 0.265 e. The molecule has 5 heteroatoms. The highest BCUT2D eigenvalue weighted by atomic mass is 32.1. The second-order valence-corrected chi connectivity index (χ2v) is 4.99. The Labute approximate surface area is 120 Å². The average Bonchev–Trinajstić information content (AvgIpc) is 2.40. The minimum absolute atomic E-state index is 0.209. The summed E-state index contributed by atoms with van der Waals surface area (Å²) in [6, 6.07) is 11.2. The minimum Gasteiger partial charge on any atom is -0.268 e. The van der Waals surface area contributed by atoms with Gasteiger partial charge >= 0.3 is 0 Å². The maximum atomic E-state index is 13.2. The number of nitrogens with zero attached hydrogens (tertiary/aromatic N) is 2. The minimum atomic E-state index is -0.402. The SMILES string of the molecule is Cc1nc2cc(F)ccc2c(=O)n1-c1ccc(S)cc1. The first kappa shape index (κ1) is 12.9. The zero-order valence-electron chi connectivity index (χ0n) is 10.7. The Bertz CT molecular complexity index is 856. The van der Waals surface area contributed by atoms with Crippen LogP contribution in [0.15, 0.2) is 52.2 Å². The molecule has 0 amide bonds. The first-order valence-corrected chi connectivity index (χ1v) is 6.49. The summed E-state index contributed by atoms with van der Waals surface area (Å²) in [6.07, 6.45) is 0. The Morgan fingerprint density at radius 3 is 2.55 bits per heavy atom. The lowest BCUT2D eigenvalue weighted by molar-refractivity contribution is 0.629. The maximum Gasteiger partial charge on any atom is 0.265 e. The zero-order chi connectivity index (χ0) is 14.3. The van der Waals surface area contributed by atoms with Crippen LogP contribution in [-0.4, -0.2) is 9.55 Å². The Morgan fingerprint density at radius 1 is 1.15 bits per heavy atom. The lowest BCUT2D eigenvalue weighted by Gasteiger charge is -2.11. The molecule has 0 aliphatic carbocycles. The van der Waals surface area contributed by atoms with Crippen molar-refractivity contribution in [3.8, 4) is 5.69 Å². The number of benzene rings is 2. The Kier molecular flexibility index (Phi) is 3.06. The van der Waals surface area contributed by atoms with Crippen LogP contribution in [0, 0.1) is 12.7 Å². The van der Waals surface area contributed by atoms with Gasteiger partial charge in [-0.15, -0.1) is 12.6 Å². The van der Waals surface area contributed by atoms with Gasteiger partial charge in [-0.2, -0.15) is 0 Å². The van der Waals surface area contributed by atoms with E-state index < -0.39 is 5.82 Å². The van der Waals surface area contributed by atoms with Crippen molar-refractivity contribution >= 4 is 23.5 Å². The van der Waals surface area contributed by atoms with Crippen molar-refractivity contribution in [1.29, 1.82) is 0 Å². The number of thiol groups is 1. The fourth-order valence-corrected chi connectivity index (χ4v) is 2.32. The molecule has 0 radical (unpaired) electrons. The predicted molar refractivity (Wildman–Crippen MR) is 79.3 cm³/mol. The molecule has 0 spiro atoms. The summed E-state index contributed by atoms with van der Waals surface area (Å²) in [7, 11) is 0. The molecule has 0 saturated carbocycles. The van der Waals surface area contributed by atoms with Crippen LogP contribution in [0.5, 0.6) is 0 Å². The van der Waals surface area contributed by atoms with Gasteiger partial charge in [-0.3, -0.25) is 9.36 Å². The summed E-state index contributed by atoms with van der Waals surface area (Å²) in [5.41, 5.74) is 0.873. The molecule has 1 heterocycles. The number of fused-ring (bicyclic) bond motifs is 1. The van der Waals surface area contributed by atoms with E-state index >= 15 is 0 Å². The largest absolute Gasteiger partial charge is 0.268 e. The average molecular weight is 286 g/mol. The van der Waals surface area contributed by atoms with Crippen molar-refractivity contribution in [1.82, 2.24) is 9.55 Å². The van der Waals surface area contributed by atoms with E-state index in [2.05, 4.69) is 17.6 Å². The fourth-order valence-electron chi connectivity index (χ4n) is 2.18. The Morgan fingerprint density at radius 2 is 1.85 bits per heavy atom. The lowest BCUT2D eigenvalue weighted by atomic mass is 10.2. The molecule has 3 rings (SSSR count). The van der Waals surface area contributed by atoms with Crippen molar-refractivity contribution in [3.05, 3.63) is 64.5 Å². The summed E-state index contributed by atoms with van der Waals surface area (Å²) in [6.45, 7) is 1.72. The molecule has 0 bridgehead atoms. The van der Waals surface area contributed by atoms with E-state index in [1.165, 1.54) is 22.8 Å². The highest BCUT2D eigenvalue weighted by Crippen LogP contribution is 2.15. The molecule has 0 aliphatic heterocycles. The highest BCUT2D eigenvalue weighted by molar-refractivity contribution is 7.80. The summed E-state index contributed by atoms with van der Waals surface area (Å²) >= 11 is 4.22. The lowest BCUT2D eigenvalue weighted by Crippen LogP contribution is -2.22. The molecule has 3 nitrogen and oxygen atoms in total. The van der Waals surface area contributed by atoms with Gasteiger partial charge in [-0.1, -0.05) is 0 Å². The number of aromatic nitrogens is 2. The van der Waals surface area contributed by atoms with E-state index in [9.17, 15) is 9.18 Å². The van der Waals surface area contributed by atoms with Crippen molar-refractivity contribution in [2.24, 2.45) is 0 Å². The molecule has 0 unspecified atom stereocenters. The normalized spacial score (nSPS) is 10.9. The number of hydrogen-bond donors (Lipinski definition) is 1. The van der Waals surface area contributed by atoms with Crippen LogP contribution in [-0.2, 0) is 0 Å². The van der Waals surface area contributed by atoms with Gasteiger partial charge in [-0.05, 0) is 43.3 Å². The van der Waals surface area contributed by atoms with Gasteiger partial charge in [0.2, 0.25) is 0 Å². The topological polar surface area (TPSA) is 34.9 Å². The second-order valence-electron chi connectivity index (χ2n) is 4.48. The van der Waals surface area contributed by atoms with Crippen molar-refractivity contribution in [3.63, 3.8) is 0 Å². The molecule has 100 valence electrons. The third kappa shape index (κ3) is 2.10. The van der Waals surface area contributed by atoms with E-state index in [4.69, 9.17) is 0 Å². The van der Waals surface area contributed by atoms with Crippen LogP contribution in [0.3, 0.4) is 0 Å². The summed E-state index contributed by atoms with van der Waals surface area (Å²) in [5.74, 6) is 0.112. The van der Waals surface area contributed by atoms with Gasteiger partial charge in [0, 0.05) is 11.0 Å². The van der Waals surface area contributed by atoms with E-state index in [1.54, 1.807) is 31.2 Å². The monoisotopic (exact) mass is 286 g/mol. The van der Waals surface area contributed by atoms with Crippen LogP contribution in [0.4, 0.5) is 4.39 Å². The van der Waals surface area contributed by atoms with Gasteiger partial charge in [0.25, 0.3) is 5.56 Å². The summed E-state index contributed by atoms with van der Waals surface area (Å²) in [4.78, 5) is 17.6. The molecule has 0 N–H and O–H groups in total. The van der Waals surface area contributed by atoms with E-state index in [0.29, 0.717) is 22.4 Å². The molecule has 3 aromatic rings. The number of rotatable bonds is 1. The highest BCUT2D eigenvalue weighted by Gasteiger charge is 2.10. The molecule has 0 aliphatic rings. The molecule has 20 heavy (non-hydrogen) atoms. The standard InChI is InChI=1S/C15H11FN2OS/c1-9-17-14-8-10(16)2-7-13(14)15(19)18(9)11-3-5-12(20)6-4-11/h2-8,20H,1H3. The third-order valence-corrected chi connectivity index (χ3v) is 3.41. The van der Waals surface area contributed by atoms with Crippen LogP contribution >= 0.6 is 12.6 Å². The fraction of sp³-hybridized carbons (Fsp3) is 0.0667. The van der Waals surface area contributed by atoms with Crippen LogP contribution in [0.1, 0.15) is 5.82 Å². The van der Waals surface area contributed by atoms with Gasteiger partial charge in [-0.25, -0.2) is 9.37 Å².